The summed E-state index contributed by atoms with van der Waals surface area (Å²) in [4.78, 5) is 23.8. The molecule has 5 heteroatoms. The highest BCUT2D eigenvalue weighted by atomic mass is 16.5. The highest BCUT2D eigenvalue weighted by Gasteiger charge is 2.03. The first-order valence-electron chi connectivity index (χ1n) is 6.14. The lowest BCUT2D eigenvalue weighted by Gasteiger charge is -2.10. The summed E-state index contributed by atoms with van der Waals surface area (Å²) in [6.07, 6.45) is 2.63. The summed E-state index contributed by atoms with van der Waals surface area (Å²) in [5, 5.41) is 3.20. The Morgan fingerprint density at radius 1 is 1.12 bits per heavy atom. The number of carbonyl (C=O) groups is 2. The second-order valence-corrected chi connectivity index (χ2v) is 4.05. The van der Waals surface area contributed by atoms with Crippen LogP contribution in [0.4, 0.5) is 0 Å². The van der Waals surface area contributed by atoms with Gasteiger partial charge in [-0.25, -0.2) is 0 Å². The smallest absolute Gasteiger partial charge is 0.305 e. The maximum absolute atomic E-state index is 11.2. The van der Waals surface area contributed by atoms with Crippen LogP contribution in [0.3, 0.4) is 0 Å². The summed E-state index contributed by atoms with van der Waals surface area (Å²) in [6, 6.07) is 0. The van der Waals surface area contributed by atoms with Crippen molar-refractivity contribution in [2.75, 3.05) is 33.8 Å². The molecule has 0 saturated heterocycles. The predicted octanol–water partition coefficient (Wildman–Crippen LogP) is 0.788. The summed E-state index contributed by atoms with van der Waals surface area (Å²) < 4.78 is 4.81. The van der Waals surface area contributed by atoms with E-state index in [1.165, 1.54) is 0 Å². The molecule has 100 valence electrons. The van der Waals surface area contributed by atoms with E-state index in [-0.39, 0.29) is 11.9 Å². The molecule has 1 N–H and O–H groups in total. The zero-order chi connectivity index (χ0) is 13.1. The minimum absolute atomic E-state index is 0.142. The maximum atomic E-state index is 11.2. The first-order valence-corrected chi connectivity index (χ1v) is 6.14. The van der Waals surface area contributed by atoms with Crippen molar-refractivity contribution < 1.29 is 14.3 Å². The van der Waals surface area contributed by atoms with E-state index in [9.17, 15) is 9.59 Å². The summed E-state index contributed by atoms with van der Waals surface area (Å²) in [5.41, 5.74) is 0. The number of rotatable bonds is 9. The molecule has 0 unspecified atom stereocenters. The number of nitrogens with one attached hydrogen (secondary N) is 1. The van der Waals surface area contributed by atoms with E-state index in [1.807, 2.05) is 0 Å². The van der Waals surface area contributed by atoms with Crippen LogP contribution < -0.4 is 5.32 Å². The van der Waals surface area contributed by atoms with Gasteiger partial charge in [-0.3, -0.25) is 9.59 Å². The van der Waals surface area contributed by atoms with Crippen molar-refractivity contribution in [1.82, 2.24) is 10.2 Å². The van der Waals surface area contributed by atoms with Gasteiger partial charge in [0.05, 0.1) is 6.61 Å². The van der Waals surface area contributed by atoms with Crippen molar-refractivity contribution in [2.45, 2.75) is 32.6 Å². The van der Waals surface area contributed by atoms with Gasteiger partial charge in [0.15, 0.2) is 0 Å². The molecule has 0 aliphatic rings. The second kappa shape index (κ2) is 10.1. The molecule has 0 bridgehead atoms. The third-order valence-electron chi connectivity index (χ3n) is 2.28. The Kier molecular flexibility index (Phi) is 9.43. The normalized spacial score (nSPS) is 10.1. The van der Waals surface area contributed by atoms with Gasteiger partial charge in [-0.15, -0.1) is 0 Å². The molecule has 0 atom stereocenters. The van der Waals surface area contributed by atoms with Crippen LogP contribution in [0.2, 0.25) is 0 Å². The van der Waals surface area contributed by atoms with Gasteiger partial charge in [0.2, 0.25) is 5.91 Å². The molecule has 1 amide bonds. The number of amides is 1. The van der Waals surface area contributed by atoms with E-state index in [4.69, 9.17) is 4.74 Å². The fourth-order valence-electron chi connectivity index (χ4n) is 1.30. The van der Waals surface area contributed by atoms with Crippen LogP contribution in [0, 0.1) is 0 Å². The van der Waals surface area contributed by atoms with Crippen molar-refractivity contribution >= 4 is 11.9 Å². The Balaban J connectivity index is 3.24. The molecule has 0 fully saturated rings. The molecule has 0 radical (unpaired) electrons. The van der Waals surface area contributed by atoms with Gasteiger partial charge in [0, 0.05) is 26.9 Å². The number of hydrogen-bond acceptors (Lipinski definition) is 4. The summed E-state index contributed by atoms with van der Waals surface area (Å²) in [7, 11) is 3.52. The Bertz CT molecular complexity index is 230. The molecule has 0 aliphatic heterocycles. The molecule has 0 aromatic rings. The molecule has 0 aromatic heterocycles. The zero-order valence-corrected chi connectivity index (χ0v) is 11.1. The van der Waals surface area contributed by atoms with Crippen molar-refractivity contribution in [3.05, 3.63) is 0 Å². The van der Waals surface area contributed by atoms with E-state index in [0.717, 1.165) is 25.9 Å². The van der Waals surface area contributed by atoms with Gasteiger partial charge in [0.25, 0.3) is 0 Å². The van der Waals surface area contributed by atoms with Crippen LogP contribution in [0.25, 0.3) is 0 Å². The van der Waals surface area contributed by atoms with Crippen molar-refractivity contribution in [2.24, 2.45) is 0 Å². The highest BCUT2D eigenvalue weighted by Crippen LogP contribution is 1.94. The van der Waals surface area contributed by atoms with Gasteiger partial charge < -0.3 is 15.0 Å². The monoisotopic (exact) mass is 244 g/mol. The van der Waals surface area contributed by atoms with E-state index >= 15 is 0 Å². The van der Waals surface area contributed by atoms with Crippen LogP contribution in [0.1, 0.15) is 32.6 Å². The average molecular weight is 244 g/mol. The molecule has 0 saturated carbocycles. The van der Waals surface area contributed by atoms with E-state index in [0.29, 0.717) is 19.4 Å². The quantitative estimate of drug-likeness (QED) is 0.481. The number of hydrogen-bond donors (Lipinski definition) is 1. The van der Waals surface area contributed by atoms with Crippen molar-refractivity contribution in [3.63, 3.8) is 0 Å². The van der Waals surface area contributed by atoms with Crippen LogP contribution in [0.15, 0.2) is 0 Å². The SMILES string of the molecule is CCOC(=O)CCCNCCCC(=O)N(C)C. The first-order chi connectivity index (χ1) is 8.07. The Hall–Kier alpha value is -1.10. The van der Waals surface area contributed by atoms with Gasteiger partial charge >= 0.3 is 5.97 Å². The third-order valence-corrected chi connectivity index (χ3v) is 2.28. The molecule has 0 aromatic carbocycles. The standard InChI is InChI=1S/C12H24N2O3/c1-4-17-12(16)8-6-10-13-9-5-7-11(15)14(2)3/h13H,4-10H2,1-3H3. The van der Waals surface area contributed by atoms with E-state index in [2.05, 4.69) is 5.32 Å². The number of carbonyl (C=O) groups excluding carboxylic acids is 2. The summed E-state index contributed by atoms with van der Waals surface area (Å²) in [6.45, 7) is 3.84. The van der Waals surface area contributed by atoms with E-state index in [1.54, 1.807) is 25.9 Å². The molecule has 17 heavy (non-hydrogen) atoms. The zero-order valence-electron chi connectivity index (χ0n) is 11.1. The van der Waals surface area contributed by atoms with Crippen LogP contribution in [-0.2, 0) is 14.3 Å². The highest BCUT2D eigenvalue weighted by molar-refractivity contribution is 5.75. The lowest BCUT2D eigenvalue weighted by molar-refractivity contribution is -0.143. The van der Waals surface area contributed by atoms with E-state index < -0.39 is 0 Å². The number of esters is 1. The molecule has 0 spiro atoms. The van der Waals surface area contributed by atoms with Gasteiger partial charge in [-0.05, 0) is 32.9 Å². The lowest BCUT2D eigenvalue weighted by Crippen LogP contribution is -2.24. The van der Waals surface area contributed by atoms with Crippen LogP contribution in [0.5, 0.6) is 0 Å². The Morgan fingerprint density at radius 2 is 1.71 bits per heavy atom. The van der Waals surface area contributed by atoms with Crippen molar-refractivity contribution in [1.29, 1.82) is 0 Å². The topological polar surface area (TPSA) is 58.6 Å². The fraction of sp³-hybridized carbons (Fsp3) is 0.833. The van der Waals surface area contributed by atoms with Crippen LogP contribution in [-0.4, -0.2) is 50.6 Å². The molecule has 0 rings (SSSR count). The maximum Gasteiger partial charge on any atom is 0.305 e. The third kappa shape index (κ3) is 9.81. The minimum atomic E-state index is -0.142. The summed E-state index contributed by atoms with van der Waals surface area (Å²) >= 11 is 0. The Labute approximate surface area is 103 Å². The molecule has 5 nitrogen and oxygen atoms in total. The van der Waals surface area contributed by atoms with Gasteiger partial charge in [-0.2, -0.15) is 0 Å². The largest absolute Gasteiger partial charge is 0.466 e. The average Bonchev–Trinajstić information content (AvgIpc) is 2.27. The molecular formula is C12H24N2O3. The molecular weight excluding hydrogens is 220 g/mol. The second-order valence-electron chi connectivity index (χ2n) is 4.05. The first kappa shape index (κ1) is 15.9. The predicted molar refractivity (Wildman–Crippen MR) is 66.7 cm³/mol. The van der Waals surface area contributed by atoms with Crippen molar-refractivity contribution in [3.8, 4) is 0 Å². The summed E-state index contributed by atoms with van der Waals surface area (Å²) in [5.74, 6) is 0.00964. The van der Waals surface area contributed by atoms with Gasteiger partial charge in [0.1, 0.15) is 0 Å². The molecule has 0 aliphatic carbocycles. The molecule has 0 heterocycles. The lowest BCUT2D eigenvalue weighted by atomic mass is 10.2. The number of nitrogens with zero attached hydrogens (tertiary/aromatic N) is 1. The minimum Gasteiger partial charge on any atom is -0.466 e. The fourth-order valence-corrected chi connectivity index (χ4v) is 1.30. The number of ether oxygens (including phenoxy) is 1. The van der Waals surface area contributed by atoms with Gasteiger partial charge in [-0.1, -0.05) is 0 Å². The van der Waals surface area contributed by atoms with Crippen LogP contribution >= 0.6 is 0 Å². The Morgan fingerprint density at radius 3 is 2.24 bits per heavy atom.